The number of Topliss-reactive ketones (excluding diaryl/α,β-unsaturated/α-hetero) is 1. The van der Waals surface area contributed by atoms with Gasteiger partial charge in [0.15, 0.2) is 22.7 Å². The Kier molecular flexibility index (Phi) is 5.83. The van der Waals surface area contributed by atoms with Gasteiger partial charge in [-0.1, -0.05) is 0 Å². The number of hydrogen-bond donors (Lipinski definition) is 3. The molecule has 1 fully saturated rings. The molecule has 1 aromatic carbocycles. The lowest BCUT2D eigenvalue weighted by atomic mass is 10.1. The lowest BCUT2D eigenvalue weighted by Crippen LogP contribution is -3.11. The van der Waals surface area contributed by atoms with Gasteiger partial charge < -0.3 is 20.0 Å². The van der Waals surface area contributed by atoms with Gasteiger partial charge in [0.2, 0.25) is 0 Å². The van der Waals surface area contributed by atoms with Crippen LogP contribution in [-0.2, 0) is 0 Å². The van der Waals surface area contributed by atoms with Gasteiger partial charge in [-0.2, -0.15) is 0 Å². The second kappa shape index (κ2) is 8.27. The van der Waals surface area contributed by atoms with Crippen LogP contribution in [0.5, 0.6) is 0 Å². The van der Waals surface area contributed by atoms with Gasteiger partial charge in [0, 0.05) is 24.1 Å². The summed E-state index contributed by atoms with van der Waals surface area (Å²) in [6.07, 6.45) is 4.25. The van der Waals surface area contributed by atoms with E-state index in [1.54, 1.807) is 25.3 Å². The number of furan rings is 1. The second-order valence-electron chi connectivity index (χ2n) is 6.40. The molecule has 0 bridgehead atoms. The normalized spacial score (nSPS) is 15.7. The van der Waals surface area contributed by atoms with E-state index in [0.29, 0.717) is 10.7 Å². The van der Waals surface area contributed by atoms with Crippen molar-refractivity contribution in [3.05, 3.63) is 54.0 Å². The maximum absolute atomic E-state index is 11.3. The topological polar surface area (TPSA) is 58.7 Å². The van der Waals surface area contributed by atoms with E-state index >= 15 is 0 Å². The third kappa shape index (κ3) is 4.67. The Hall–Kier alpha value is -2.18. The Labute approximate surface area is 153 Å². The SMILES string of the molecule is CC(=O)c1ccc(NC(=S)NC[C@@H](c2ccco2)[NH+]2CCCC2)cc1. The zero-order valence-electron chi connectivity index (χ0n) is 14.4. The maximum Gasteiger partial charge on any atom is 0.171 e. The van der Waals surface area contributed by atoms with Crippen LogP contribution >= 0.6 is 12.2 Å². The van der Waals surface area contributed by atoms with Gasteiger partial charge in [-0.25, -0.2) is 0 Å². The Morgan fingerprint density at radius 2 is 1.96 bits per heavy atom. The van der Waals surface area contributed by atoms with Crippen molar-refractivity contribution in [1.29, 1.82) is 0 Å². The average molecular weight is 358 g/mol. The third-order valence-electron chi connectivity index (χ3n) is 4.64. The molecule has 2 aromatic rings. The van der Waals surface area contributed by atoms with E-state index in [1.165, 1.54) is 30.8 Å². The van der Waals surface area contributed by atoms with E-state index in [0.717, 1.165) is 18.0 Å². The number of benzene rings is 1. The first-order valence-corrected chi connectivity index (χ1v) is 9.08. The number of ketones is 1. The standard InChI is InChI=1S/C19H23N3O2S/c1-14(23)15-6-8-16(9-7-15)21-19(25)20-13-17(18-5-4-12-24-18)22-10-2-3-11-22/h4-9,12,17H,2-3,10-11,13H2,1H3,(H2,20,21,25)/p+1/t17-/m0/s1. The molecule has 25 heavy (non-hydrogen) atoms. The van der Waals surface area contributed by atoms with Crippen molar-refractivity contribution in [1.82, 2.24) is 5.32 Å². The van der Waals surface area contributed by atoms with Gasteiger partial charge in [-0.15, -0.1) is 0 Å². The van der Waals surface area contributed by atoms with Crippen LogP contribution in [0, 0.1) is 0 Å². The van der Waals surface area contributed by atoms with Crippen LogP contribution < -0.4 is 15.5 Å². The largest absolute Gasteiger partial charge is 0.463 e. The number of anilines is 1. The molecule has 6 heteroatoms. The number of carbonyl (C=O) groups excluding carboxylic acids is 1. The molecule has 1 aromatic heterocycles. The highest BCUT2D eigenvalue weighted by Crippen LogP contribution is 2.12. The molecule has 0 spiro atoms. The minimum absolute atomic E-state index is 0.0575. The fourth-order valence-electron chi connectivity index (χ4n) is 3.27. The van der Waals surface area contributed by atoms with Gasteiger partial charge in [-0.3, -0.25) is 4.79 Å². The van der Waals surface area contributed by atoms with Crippen LogP contribution in [0.1, 0.15) is 41.9 Å². The maximum atomic E-state index is 11.3. The molecule has 0 unspecified atom stereocenters. The molecule has 1 saturated heterocycles. The first-order valence-electron chi connectivity index (χ1n) is 8.67. The number of carbonyl (C=O) groups is 1. The molecule has 0 aliphatic carbocycles. The van der Waals surface area contributed by atoms with Crippen LogP contribution in [0.15, 0.2) is 47.1 Å². The van der Waals surface area contributed by atoms with Crippen LogP contribution in [0.3, 0.4) is 0 Å². The minimum atomic E-state index is 0.0575. The van der Waals surface area contributed by atoms with Gasteiger partial charge >= 0.3 is 0 Å². The Balaban J connectivity index is 1.57. The number of likely N-dealkylation sites (tertiary alicyclic amines) is 1. The Morgan fingerprint density at radius 3 is 2.56 bits per heavy atom. The zero-order chi connectivity index (χ0) is 17.6. The molecule has 1 atom stereocenters. The highest BCUT2D eigenvalue weighted by atomic mass is 32.1. The summed E-state index contributed by atoms with van der Waals surface area (Å²) in [4.78, 5) is 12.9. The Bertz CT molecular complexity index is 707. The molecule has 2 heterocycles. The third-order valence-corrected chi connectivity index (χ3v) is 4.89. The summed E-state index contributed by atoms with van der Waals surface area (Å²) in [5.41, 5.74) is 1.56. The number of thiocarbonyl (C=S) groups is 1. The fourth-order valence-corrected chi connectivity index (χ4v) is 3.47. The van der Waals surface area contributed by atoms with Crippen molar-refractivity contribution in [2.24, 2.45) is 0 Å². The van der Waals surface area contributed by atoms with Crippen LogP contribution in [0.4, 0.5) is 5.69 Å². The minimum Gasteiger partial charge on any atom is -0.463 e. The van der Waals surface area contributed by atoms with E-state index in [1.807, 2.05) is 24.3 Å². The Morgan fingerprint density at radius 1 is 1.24 bits per heavy atom. The van der Waals surface area contributed by atoms with E-state index in [4.69, 9.17) is 16.6 Å². The molecule has 3 N–H and O–H groups in total. The van der Waals surface area contributed by atoms with Gasteiger partial charge in [0.25, 0.3) is 0 Å². The predicted octanol–water partition coefficient (Wildman–Crippen LogP) is 2.19. The first-order chi connectivity index (χ1) is 12.1. The van der Waals surface area contributed by atoms with Gasteiger partial charge in [0.05, 0.1) is 25.9 Å². The number of quaternary nitrogens is 1. The lowest BCUT2D eigenvalue weighted by Gasteiger charge is -2.23. The summed E-state index contributed by atoms with van der Waals surface area (Å²) < 4.78 is 5.64. The monoisotopic (exact) mass is 358 g/mol. The van der Waals surface area contributed by atoms with E-state index in [2.05, 4.69) is 10.6 Å². The molecule has 0 radical (unpaired) electrons. The summed E-state index contributed by atoms with van der Waals surface area (Å²) in [7, 11) is 0. The molecular formula is C19H24N3O2S+. The summed E-state index contributed by atoms with van der Waals surface area (Å²) in [5.74, 6) is 1.06. The van der Waals surface area contributed by atoms with Gasteiger partial charge in [0.1, 0.15) is 0 Å². The smallest absolute Gasteiger partial charge is 0.171 e. The zero-order valence-corrected chi connectivity index (χ0v) is 15.2. The van der Waals surface area contributed by atoms with E-state index in [-0.39, 0.29) is 11.8 Å². The first kappa shape index (κ1) is 17.6. The molecule has 0 saturated carbocycles. The van der Waals surface area contributed by atoms with Crippen LogP contribution in [-0.4, -0.2) is 30.5 Å². The molecule has 132 valence electrons. The van der Waals surface area contributed by atoms with E-state index < -0.39 is 0 Å². The van der Waals surface area contributed by atoms with Gasteiger partial charge in [-0.05, 0) is 55.5 Å². The molecule has 1 aliphatic heterocycles. The number of hydrogen-bond acceptors (Lipinski definition) is 3. The van der Waals surface area contributed by atoms with Crippen molar-refractivity contribution in [2.75, 3.05) is 25.0 Å². The summed E-state index contributed by atoms with van der Waals surface area (Å²) in [6.45, 7) is 4.61. The lowest BCUT2D eigenvalue weighted by molar-refractivity contribution is -0.919. The highest BCUT2D eigenvalue weighted by molar-refractivity contribution is 7.80. The van der Waals surface area contributed by atoms with Crippen molar-refractivity contribution in [3.8, 4) is 0 Å². The number of nitrogens with one attached hydrogen (secondary N) is 3. The average Bonchev–Trinajstić information content (AvgIpc) is 3.29. The predicted molar refractivity (Wildman–Crippen MR) is 102 cm³/mol. The number of rotatable bonds is 6. The van der Waals surface area contributed by atoms with Crippen molar-refractivity contribution in [3.63, 3.8) is 0 Å². The van der Waals surface area contributed by atoms with Crippen molar-refractivity contribution >= 4 is 28.8 Å². The molecule has 1 aliphatic rings. The van der Waals surface area contributed by atoms with Crippen molar-refractivity contribution < 1.29 is 14.1 Å². The van der Waals surface area contributed by atoms with E-state index in [9.17, 15) is 4.79 Å². The van der Waals surface area contributed by atoms with Crippen molar-refractivity contribution in [2.45, 2.75) is 25.8 Å². The fraction of sp³-hybridized carbons (Fsp3) is 0.368. The molecule has 3 rings (SSSR count). The van der Waals surface area contributed by atoms with Crippen LogP contribution in [0.25, 0.3) is 0 Å². The summed E-state index contributed by atoms with van der Waals surface area (Å²) in [6, 6.07) is 11.6. The summed E-state index contributed by atoms with van der Waals surface area (Å²) >= 11 is 5.41. The molecular weight excluding hydrogens is 334 g/mol. The highest BCUT2D eigenvalue weighted by Gasteiger charge is 2.29. The summed E-state index contributed by atoms with van der Waals surface area (Å²) in [5, 5.41) is 7.05. The molecule has 0 amide bonds. The second-order valence-corrected chi connectivity index (χ2v) is 6.81. The quantitative estimate of drug-likeness (QED) is 0.546. The molecule has 5 nitrogen and oxygen atoms in total. The van der Waals surface area contributed by atoms with Crippen LogP contribution in [0.2, 0.25) is 0 Å².